The van der Waals surface area contributed by atoms with E-state index in [1.165, 1.54) is 0 Å². The Bertz CT molecular complexity index is 1080. The molecule has 9 heteroatoms. The summed E-state index contributed by atoms with van der Waals surface area (Å²) >= 11 is 0. The molecule has 2 N–H and O–H groups in total. The van der Waals surface area contributed by atoms with Gasteiger partial charge in [0, 0.05) is 37.3 Å². The van der Waals surface area contributed by atoms with Crippen LogP contribution in [0.5, 0.6) is 0 Å². The Morgan fingerprint density at radius 2 is 1.39 bits per heavy atom. The second-order valence-electron chi connectivity index (χ2n) is 8.02. The maximum absolute atomic E-state index is 12.9. The number of benzene rings is 2. The van der Waals surface area contributed by atoms with Crippen molar-refractivity contribution in [2.75, 3.05) is 26.2 Å². The fourth-order valence-electron chi connectivity index (χ4n) is 3.83. The molecule has 0 radical (unpaired) electrons. The molecular formula is C22H22N6O3. The van der Waals surface area contributed by atoms with E-state index in [-0.39, 0.29) is 11.8 Å². The molecule has 31 heavy (non-hydrogen) atoms. The largest absolute Gasteiger partial charge is 0.380 e. The fraction of sp³-hybridized carbons (Fsp3) is 0.318. The Balaban J connectivity index is 1.22. The second-order valence-corrected chi connectivity index (χ2v) is 8.02. The average Bonchev–Trinajstić information content (AvgIpc) is 3.34. The van der Waals surface area contributed by atoms with Gasteiger partial charge in [0.2, 0.25) is 0 Å². The van der Waals surface area contributed by atoms with Crippen LogP contribution in [0.4, 0.5) is 0 Å². The Morgan fingerprint density at radius 3 is 1.94 bits per heavy atom. The number of aliphatic hydroxyl groups is 1. The van der Waals surface area contributed by atoms with Crippen molar-refractivity contribution in [3.8, 4) is 22.5 Å². The molecule has 2 heterocycles. The molecule has 2 aromatic carbocycles. The maximum Gasteiger partial charge on any atom is 0.254 e. The number of piperazine rings is 1. The first-order chi connectivity index (χ1) is 15.0. The molecule has 0 atom stereocenters. The first-order valence-corrected chi connectivity index (χ1v) is 10.3. The summed E-state index contributed by atoms with van der Waals surface area (Å²) in [7, 11) is 0. The molecule has 9 nitrogen and oxygen atoms in total. The summed E-state index contributed by atoms with van der Waals surface area (Å²) in [5.74, 6) is 0.368. The molecule has 2 amide bonds. The SMILES string of the molecule is O=C(c1ccc(-c2ccc(-c3nnn[nH]3)cc2)cc1)N1CCN(C(=O)C2(O)CC2)CC1. The van der Waals surface area contributed by atoms with E-state index in [0.29, 0.717) is 50.4 Å². The summed E-state index contributed by atoms with van der Waals surface area (Å²) < 4.78 is 0. The van der Waals surface area contributed by atoms with Crippen LogP contribution in [-0.4, -0.2) is 79.1 Å². The first-order valence-electron chi connectivity index (χ1n) is 10.3. The van der Waals surface area contributed by atoms with Crippen LogP contribution in [0.3, 0.4) is 0 Å². The van der Waals surface area contributed by atoms with Crippen LogP contribution >= 0.6 is 0 Å². The fourth-order valence-corrected chi connectivity index (χ4v) is 3.83. The number of amides is 2. The van der Waals surface area contributed by atoms with Crippen LogP contribution in [0, 0.1) is 0 Å². The molecular weight excluding hydrogens is 396 g/mol. The Hall–Kier alpha value is -3.59. The number of hydrogen-bond donors (Lipinski definition) is 2. The van der Waals surface area contributed by atoms with Crippen LogP contribution in [0.1, 0.15) is 23.2 Å². The van der Waals surface area contributed by atoms with E-state index in [0.717, 1.165) is 16.7 Å². The minimum absolute atomic E-state index is 0.0445. The molecule has 1 saturated carbocycles. The molecule has 3 aromatic rings. The van der Waals surface area contributed by atoms with Gasteiger partial charge in [0.1, 0.15) is 5.60 Å². The van der Waals surface area contributed by atoms with E-state index in [2.05, 4.69) is 20.6 Å². The molecule has 0 spiro atoms. The smallest absolute Gasteiger partial charge is 0.254 e. The van der Waals surface area contributed by atoms with Gasteiger partial charge in [-0.1, -0.05) is 36.4 Å². The van der Waals surface area contributed by atoms with Gasteiger partial charge in [-0.3, -0.25) is 9.59 Å². The van der Waals surface area contributed by atoms with E-state index < -0.39 is 5.60 Å². The van der Waals surface area contributed by atoms with Gasteiger partial charge < -0.3 is 14.9 Å². The van der Waals surface area contributed by atoms with Crippen molar-refractivity contribution in [2.45, 2.75) is 18.4 Å². The van der Waals surface area contributed by atoms with Crippen molar-refractivity contribution in [2.24, 2.45) is 0 Å². The maximum atomic E-state index is 12.9. The molecule has 2 aliphatic rings. The van der Waals surface area contributed by atoms with Crippen molar-refractivity contribution in [1.29, 1.82) is 0 Å². The van der Waals surface area contributed by atoms with E-state index in [1.807, 2.05) is 48.5 Å². The summed E-state index contributed by atoms with van der Waals surface area (Å²) in [6.07, 6.45) is 1.08. The normalized spacial score (nSPS) is 17.5. The Labute approximate surface area is 178 Å². The predicted molar refractivity (Wildman–Crippen MR) is 112 cm³/mol. The lowest BCUT2D eigenvalue weighted by atomic mass is 10.0. The van der Waals surface area contributed by atoms with Gasteiger partial charge in [0.15, 0.2) is 5.82 Å². The predicted octanol–water partition coefficient (Wildman–Crippen LogP) is 1.34. The number of nitrogens with one attached hydrogen (secondary N) is 1. The van der Waals surface area contributed by atoms with Gasteiger partial charge in [-0.15, -0.1) is 5.10 Å². The molecule has 0 bridgehead atoms. The number of H-pyrrole nitrogens is 1. The Kier molecular flexibility index (Phi) is 4.74. The highest BCUT2D eigenvalue weighted by atomic mass is 16.3. The van der Waals surface area contributed by atoms with Gasteiger partial charge >= 0.3 is 0 Å². The number of hydrogen-bond acceptors (Lipinski definition) is 6. The third-order valence-corrected chi connectivity index (χ3v) is 5.94. The van der Waals surface area contributed by atoms with E-state index >= 15 is 0 Å². The van der Waals surface area contributed by atoms with Crippen molar-refractivity contribution in [1.82, 2.24) is 30.4 Å². The highest BCUT2D eigenvalue weighted by Crippen LogP contribution is 2.37. The zero-order valence-electron chi connectivity index (χ0n) is 16.9. The monoisotopic (exact) mass is 418 g/mol. The lowest BCUT2D eigenvalue weighted by molar-refractivity contribution is -0.143. The Morgan fingerprint density at radius 1 is 0.839 bits per heavy atom. The van der Waals surface area contributed by atoms with Crippen molar-refractivity contribution in [3.05, 3.63) is 54.1 Å². The van der Waals surface area contributed by atoms with Gasteiger partial charge in [-0.25, -0.2) is 5.10 Å². The number of tetrazole rings is 1. The van der Waals surface area contributed by atoms with Gasteiger partial charge in [-0.05, 0) is 46.5 Å². The van der Waals surface area contributed by atoms with Crippen LogP contribution < -0.4 is 0 Å². The summed E-state index contributed by atoms with van der Waals surface area (Å²) in [5.41, 5.74) is 2.40. The summed E-state index contributed by atoms with van der Waals surface area (Å²) in [5, 5.41) is 23.8. The topological polar surface area (TPSA) is 115 Å². The standard InChI is InChI=1S/C22H22N6O3/c29-20(27-11-13-28(14-12-27)21(30)22(31)9-10-22)18-7-3-16(4-8-18)15-1-5-17(6-2-15)19-23-25-26-24-19/h1-8,31H,9-14H2,(H,23,24,25,26). The van der Waals surface area contributed by atoms with E-state index in [4.69, 9.17) is 0 Å². The third-order valence-electron chi connectivity index (χ3n) is 5.94. The lowest BCUT2D eigenvalue weighted by Gasteiger charge is -2.35. The molecule has 5 rings (SSSR count). The highest BCUT2D eigenvalue weighted by Gasteiger charge is 2.50. The van der Waals surface area contributed by atoms with Gasteiger partial charge in [0.05, 0.1) is 0 Å². The molecule has 0 unspecified atom stereocenters. The molecule has 1 saturated heterocycles. The number of rotatable bonds is 4. The zero-order chi connectivity index (χ0) is 21.4. The molecule has 1 aliphatic heterocycles. The summed E-state index contributed by atoms with van der Waals surface area (Å²) in [6, 6.07) is 15.4. The number of aromatic nitrogens is 4. The average molecular weight is 418 g/mol. The highest BCUT2D eigenvalue weighted by molar-refractivity contribution is 5.95. The van der Waals surface area contributed by atoms with Gasteiger partial charge in [-0.2, -0.15) is 0 Å². The lowest BCUT2D eigenvalue weighted by Crippen LogP contribution is -2.53. The molecule has 1 aromatic heterocycles. The van der Waals surface area contributed by atoms with Crippen molar-refractivity contribution < 1.29 is 14.7 Å². The number of carbonyl (C=O) groups is 2. The van der Waals surface area contributed by atoms with Crippen molar-refractivity contribution >= 4 is 11.8 Å². The number of nitrogens with zero attached hydrogens (tertiary/aromatic N) is 5. The molecule has 1 aliphatic carbocycles. The first kappa shape index (κ1) is 19.4. The molecule has 158 valence electrons. The van der Waals surface area contributed by atoms with Crippen LogP contribution in [0.2, 0.25) is 0 Å². The van der Waals surface area contributed by atoms with Crippen LogP contribution in [0.15, 0.2) is 48.5 Å². The second kappa shape index (κ2) is 7.59. The number of aromatic amines is 1. The minimum atomic E-state index is -1.15. The third kappa shape index (κ3) is 3.79. The zero-order valence-corrected chi connectivity index (χ0v) is 16.9. The molecule has 2 fully saturated rings. The van der Waals surface area contributed by atoms with Crippen molar-refractivity contribution in [3.63, 3.8) is 0 Å². The summed E-state index contributed by atoms with van der Waals surface area (Å²) in [6.45, 7) is 1.86. The number of carbonyl (C=O) groups excluding carboxylic acids is 2. The quantitative estimate of drug-likeness (QED) is 0.661. The van der Waals surface area contributed by atoms with Gasteiger partial charge in [0.25, 0.3) is 11.8 Å². The minimum Gasteiger partial charge on any atom is -0.380 e. The van der Waals surface area contributed by atoms with E-state index in [9.17, 15) is 14.7 Å². The van der Waals surface area contributed by atoms with Crippen LogP contribution in [0.25, 0.3) is 22.5 Å². The summed E-state index contributed by atoms with van der Waals surface area (Å²) in [4.78, 5) is 28.5. The van der Waals surface area contributed by atoms with E-state index in [1.54, 1.807) is 9.80 Å². The van der Waals surface area contributed by atoms with Crippen LogP contribution in [-0.2, 0) is 4.79 Å².